The Balaban J connectivity index is 1.82. The van der Waals surface area contributed by atoms with Crippen molar-refractivity contribution in [2.75, 3.05) is 23.8 Å². The number of hydrogen-bond acceptors (Lipinski definition) is 4. The van der Waals surface area contributed by atoms with Gasteiger partial charge in [0.25, 0.3) is 11.8 Å². The third-order valence-electron chi connectivity index (χ3n) is 3.48. The quantitative estimate of drug-likeness (QED) is 0.867. The van der Waals surface area contributed by atoms with Crippen LogP contribution in [0.15, 0.2) is 42.6 Å². The number of anilines is 2. The van der Waals surface area contributed by atoms with Crippen molar-refractivity contribution < 1.29 is 14.4 Å². The summed E-state index contributed by atoms with van der Waals surface area (Å²) in [6.07, 6.45) is 1.52. The second-order valence-electron chi connectivity index (χ2n) is 5.20. The number of amides is 4. The molecule has 122 valence electrons. The lowest BCUT2D eigenvalue weighted by Crippen LogP contribution is -2.31. The van der Waals surface area contributed by atoms with Crippen LogP contribution in [0.1, 0.15) is 10.5 Å². The van der Waals surface area contributed by atoms with E-state index in [0.717, 1.165) is 4.90 Å². The summed E-state index contributed by atoms with van der Waals surface area (Å²) < 4.78 is 0. The Kier molecular flexibility index (Phi) is 4.18. The van der Waals surface area contributed by atoms with Gasteiger partial charge in [-0.1, -0.05) is 17.7 Å². The zero-order valence-corrected chi connectivity index (χ0v) is 13.4. The van der Waals surface area contributed by atoms with Crippen molar-refractivity contribution in [1.29, 1.82) is 0 Å². The fraction of sp³-hybridized carbons (Fsp3) is 0.125. The maximum absolute atomic E-state index is 12.1. The number of nitrogens with one attached hydrogen (secondary N) is 1. The number of likely N-dealkylation sites (N-methyl/N-ethyl adjacent to an activating group) is 1. The largest absolute Gasteiger partial charge is 0.331 e. The summed E-state index contributed by atoms with van der Waals surface area (Å²) in [4.78, 5) is 42.3. The van der Waals surface area contributed by atoms with Crippen molar-refractivity contribution in [3.8, 4) is 0 Å². The molecular formula is C16H13ClN4O3. The first-order valence-electron chi connectivity index (χ1n) is 7.07. The Morgan fingerprint density at radius 1 is 1.25 bits per heavy atom. The van der Waals surface area contributed by atoms with E-state index >= 15 is 0 Å². The number of carbonyl (C=O) groups is 3. The number of urea groups is 1. The van der Waals surface area contributed by atoms with Crippen LogP contribution in [0.5, 0.6) is 0 Å². The number of aromatic nitrogens is 1. The molecule has 0 spiro atoms. The molecule has 0 bridgehead atoms. The number of carbonyl (C=O) groups excluding carboxylic acids is 3. The highest BCUT2D eigenvalue weighted by molar-refractivity contribution is 6.36. The summed E-state index contributed by atoms with van der Waals surface area (Å²) >= 11 is 6.19. The fourth-order valence-electron chi connectivity index (χ4n) is 2.31. The maximum atomic E-state index is 12.1. The first-order chi connectivity index (χ1) is 11.5. The van der Waals surface area contributed by atoms with Gasteiger partial charge in [-0.3, -0.25) is 14.6 Å². The fourth-order valence-corrected chi connectivity index (χ4v) is 2.58. The highest BCUT2D eigenvalue weighted by Gasteiger charge is 2.35. The second-order valence-corrected chi connectivity index (χ2v) is 5.61. The molecule has 2 aromatic rings. The minimum absolute atomic E-state index is 0.00727. The Labute approximate surface area is 142 Å². The Morgan fingerprint density at radius 3 is 2.62 bits per heavy atom. The predicted molar refractivity (Wildman–Crippen MR) is 89.2 cm³/mol. The molecule has 4 amide bonds. The van der Waals surface area contributed by atoms with E-state index in [1.54, 1.807) is 24.3 Å². The predicted octanol–water partition coefficient (Wildman–Crippen LogP) is 2.39. The monoisotopic (exact) mass is 344 g/mol. The number of hydrogen-bond donors (Lipinski definition) is 1. The molecule has 24 heavy (non-hydrogen) atoms. The second kappa shape index (κ2) is 6.29. The van der Waals surface area contributed by atoms with E-state index in [9.17, 15) is 14.4 Å². The van der Waals surface area contributed by atoms with Crippen molar-refractivity contribution in [3.05, 3.63) is 53.3 Å². The van der Waals surface area contributed by atoms with Crippen LogP contribution in [0.2, 0.25) is 5.02 Å². The Hall–Kier alpha value is -2.93. The van der Waals surface area contributed by atoms with E-state index in [4.69, 9.17) is 11.6 Å². The molecule has 1 aliphatic rings. The third-order valence-corrected chi connectivity index (χ3v) is 3.79. The van der Waals surface area contributed by atoms with Crippen LogP contribution in [-0.2, 0) is 4.79 Å². The Morgan fingerprint density at radius 2 is 2.04 bits per heavy atom. The molecule has 1 aromatic carbocycles. The summed E-state index contributed by atoms with van der Waals surface area (Å²) in [5.74, 6) is -0.734. The number of imide groups is 1. The van der Waals surface area contributed by atoms with E-state index in [1.165, 1.54) is 30.3 Å². The van der Waals surface area contributed by atoms with Gasteiger partial charge in [0, 0.05) is 18.9 Å². The standard InChI is InChI=1S/C16H13ClN4O3/c1-20-9-14(22)21(16(20)24)13-6-5-10(8-11(13)17)19-15(23)12-4-2-3-7-18-12/h2-8H,9H2,1H3,(H,19,23). The summed E-state index contributed by atoms with van der Waals surface area (Å²) in [5, 5.41) is 2.85. The van der Waals surface area contributed by atoms with Crippen LogP contribution in [0.3, 0.4) is 0 Å². The molecule has 0 atom stereocenters. The molecule has 1 N–H and O–H groups in total. The molecule has 1 fully saturated rings. The highest BCUT2D eigenvalue weighted by atomic mass is 35.5. The van der Waals surface area contributed by atoms with Crippen LogP contribution in [0.4, 0.5) is 16.2 Å². The topological polar surface area (TPSA) is 82.6 Å². The van der Waals surface area contributed by atoms with Gasteiger partial charge in [-0.05, 0) is 30.3 Å². The first kappa shape index (κ1) is 15.9. The molecular weight excluding hydrogens is 332 g/mol. The smallest absolute Gasteiger partial charge is 0.321 e. The van der Waals surface area contributed by atoms with Crippen molar-refractivity contribution >= 4 is 40.8 Å². The Bertz CT molecular complexity index is 825. The molecule has 3 rings (SSSR count). The average molecular weight is 345 g/mol. The maximum Gasteiger partial charge on any atom is 0.331 e. The minimum Gasteiger partial charge on any atom is -0.321 e. The average Bonchev–Trinajstić information content (AvgIpc) is 2.81. The van der Waals surface area contributed by atoms with Crippen LogP contribution < -0.4 is 10.2 Å². The summed E-state index contributed by atoms with van der Waals surface area (Å²) in [7, 11) is 1.54. The van der Waals surface area contributed by atoms with E-state index in [-0.39, 0.29) is 34.8 Å². The van der Waals surface area contributed by atoms with Crippen LogP contribution in [0.25, 0.3) is 0 Å². The van der Waals surface area contributed by atoms with Gasteiger partial charge in [-0.2, -0.15) is 0 Å². The van der Waals surface area contributed by atoms with Gasteiger partial charge in [0.1, 0.15) is 12.2 Å². The van der Waals surface area contributed by atoms with Gasteiger partial charge in [0.2, 0.25) is 0 Å². The molecule has 1 aliphatic heterocycles. The minimum atomic E-state index is -0.438. The first-order valence-corrected chi connectivity index (χ1v) is 7.45. The van der Waals surface area contributed by atoms with Gasteiger partial charge in [0.15, 0.2) is 0 Å². The lowest BCUT2D eigenvalue weighted by molar-refractivity contribution is -0.116. The van der Waals surface area contributed by atoms with E-state index in [1.807, 2.05) is 0 Å². The van der Waals surface area contributed by atoms with E-state index < -0.39 is 6.03 Å². The molecule has 0 unspecified atom stereocenters. The number of benzene rings is 1. The van der Waals surface area contributed by atoms with Crippen molar-refractivity contribution in [1.82, 2.24) is 9.88 Å². The molecule has 0 saturated carbocycles. The van der Waals surface area contributed by atoms with E-state index in [0.29, 0.717) is 5.69 Å². The number of rotatable bonds is 3. The molecule has 7 nitrogen and oxygen atoms in total. The van der Waals surface area contributed by atoms with Crippen molar-refractivity contribution in [3.63, 3.8) is 0 Å². The van der Waals surface area contributed by atoms with Gasteiger partial charge >= 0.3 is 6.03 Å². The molecule has 2 heterocycles. The van der Waals surface area contributed by atoms with Crippen LogP contribution >= 0.6 is 11.6 Å². The summed E-state index contributed by atoms with van der Waals surface area (Å²) in [6, 6.07) is 9.14. The van der Waals surface area contributed by atoms with Crippen LogP contribution in [-0.4, -0.2) is 41.3 Å². The highest BCUT2D eigenvalue weighted by Crippen LogP contribution is 2.31. The molecule has 0 aliphatic carbocycles. The lowest BCUT2D eigenvalue weighted by Gasteiger charge is -2.16. The van der Waals surface area contributed by atoms with Gasteiger partial charge < -0.3 is 10.2 Å². The third kappa shape index (κ3) is 2.93. The molecule has 0 radical (unpaired) electrons. The van der Waals surface area contributed by atoms with E-state index in [2.05, 4.69) is 10.3 Å². The van der Waals surface area contributed by atoms with Gasteiger partial charge in [-0.25, -0.2) is 9.69 Å². The molecule has 1 saturated heterocycles. The van der Waals surface area contributed by atoms with Crippen LogP contribution in [0, 0.1) is 0 Å². The molecule has 8 heteroatoms. The van der Waals surface area contributed by atoms with Gasteiger partial charge in [0.05, 0.1) is 10.7 Å². The zero-order valence-electron chi connectivity index (χ0n) is 12.7. The summed E-state index contributed by atoms with van der Waals surface area (Å²) in [6.45, 7) is 0.00727. The normalized spacial score (nSPS) is 14.2. The summed E-state index contributed by atoms with van der Waals surface area (Å²) in [5.41, 5.74) is 0.989. The number of halogens is 1. The van der Waals surface area contributed by atoms with Crippen molar-refractivity contribution in [2.24, 2.45) is 0 Å². The van der Waals surface area contributed by atoms with Crippen molar-refractivity contribution in [2.45, 2.75) is 0 Å². The SMILES string of the molecule is CN1CC(=O)N(c2ccc(NC(=O)c3ccccn3)cc2Cl)C1=O. The number of pyridine rings is 1. The molecule has 1 aromatic heterocycles. The van der Waals surface area contributed by atoms with Gasteiger partial charge in [-0.15, -0.1) is 0 Å². The number of nitrogens with zero attached hydrogens (tertiary/aromatic N) is 3. The lowest BCUT2D eigenvalue weighted by atomic mass is 10.2. The zero-order chi connectivity index (χ0) is 17.3.